The normalized spacial score (nSPS) is 14.0. The Balaban J connectivity index is 1.87. The van der Waals surface area contributed by atoms with Gasteiger partial charge in [0.15, 0.2) is 17.1 Å². The van der Waals surface area contributed by atoms with Gasteiger partial charge in [-0.05, 0) is 42.2 Å². The molecule has 0 bridgehead atoms. The van der Waals surface area contributed by atoms with E-state index in [9.17, 15) is 4.79 Å². The van der Waals surface area contributed by atoms with Gasteiger partial charge in [0, 0.05) is 19.3 Å². The Morgan fingerprint density at radius 3 is 2.58 bits per heavy atom. The Hall–Kier alpha value is -3.09. The molecule has 7 heteroatoms. The van der Waals surface area contributed by atoms with E-state index in [2.05, 4.69) is 19.9 Å². The van der Waals surface area contributed by atoms with Crippen LogP contribution in [0.15, 0.2) is 35.3 Å². The van der Waals surface area contributed by atoms with Crippen LogP contribution in [0, 0.1) is 0 Å². The summed E-state index contributed by atoms with van der Waals surface area (Å²) in [6.07, 6.45) is 3.90. The fourth-order valence-corrected chi connectivity index (χ4v) is 3.37. The van der Waals surface area contributed by atoms with E-state index in [0.717, 1.165) is 37.1 Å². The molecule has 0 amide bonds. The van der Waals surface area contributed by atoms with Crippen molar-refractivity contribution in [2.75, 3.05) is 32.2 Å². The average Bonchev–Trinajstić information content (AvgIpc) is 3.21. The highest BCUT2D eigenvalue weighted by atomic mass is 16.5. The largest absolute Gasteiger partial charge is 0.493 e. The lowest BCUT2D eigenvalue weighted by Gasteiger charge is -2.16. The highest BCUT2D eigenvalue weighted by molar-refractivity contribution is 5.92. The fraction of sp³-hybridized carbons (Fsp3) is 0.316. The summed E-state index contributed by atoms with van der Waals surface area (Å²) in [7, 11) is 3.18. The Bertz CT molecular complexity index is 1010. The number of nitrogens with zero attached hydrogens (tertiary/aromatic N) is 3. The van der Waals surface area contributed by atoms with Crippen molar-refractivity contribution in [1.29, 1.82) is 0 Å². The number of methoxy groups -OCH3 is 2. The lowest BCUT2D eigenvalue weighted by atomic mass is 10.0. The molecule has 1 aliphatic rings. The number of rotatable bonds is 4. The zero-order chi connectivity index (χ0) is 18.1. The second-order valence-corrected chi connectivity index (χ2v) is 6.21. The highest BCUT2D eigenvalue weighted by Gasteiger charge is 2.18. The third-order valence-electron chi connectivity index (χ3n) is 4.70. The van der Waals surface area contributed by atoms with Crippen LogP contribution in [0.25, 0.3) is 22.2 Å². The SMILES string of the molecule is COc1ccc(-c2ccnc3nc(N4CCCC4)[nH]c(=O)c23)cc1OC. The molecule has 0 atom stereocenters. The summed E-state index contributed by atoms with van der Waals surface area (Å²) in [4.78, 5) is 26.7. The van der Waals surface area contributed by atoms with Crippen LogP contribution >= 0.6 is 0 Å². The molecule has 134 valence electrons. The number of hydrogen-bond donors (Lipinski definition) is 1. The first-order chi connectivity index (χ1) is 12.7. The van der Waals surface area contributed by atoms with Crippen molar-refractivity contribution in [1.82, 2.24) is 15.0 Å². The van der Waals surface area contributed by atoms with Crippen molar-refractivity contribution in [2.24, 2.45) is 0 Å². The van der Waals surface area contributed by atoms with Crippen LogP contribution in [0.3, 0.4) is 0 Å². The van der Waals surface area contributed by atoms with E-state index in [0.29, 0.717) is 28.5 Å². The molecule has 0 saturated carbocycles. The predicted octanol–water partition coefficient (Wildman–Crippen LogP) is 2.60. The number of fused-ring (bicyclic) bond motifs is 1. The van der Waals surface area contributed by atoms with Crippen molar-refractivity contribution in [3.8, 4) is 22.6 Å². The second kappa shape index (κ2) is 6.67. The summed E-state index contributed by atoms with van der Waals surface area (Å²) in [5.41, 5.74) is 1.87. The molecular weight excluding hydrogens is 332 g/mol. The monoisotopic (exact) mass is 352 g/mol. The van der Waals surface area contributed by atoms with Gasteiger partial charge >= 0.3 is 0 Å². The first-order valence-electron chi connectivity index (χ1n) is 8.57. The van der Waals surface area contributed by atoms with Crippen LogP contribution in [0.1, 0.15) is 12.8 Å². The quantitative estimate of drug-likeness (QED) is 0.777. The summed E-state index contributed by atoms with van der Waals surface area (Å²) in [5, 5.41) is 0.475. The Labute approximate surface area is 150 Å². The van der Waals surface area contributed by atoms with Crippen molar-refractivity contribution in [2.45, 2.75) is 12.8 Å². The molecule has 26 heavy (non-hydrogen) atoms. The number of benzene rings is 1. The lowest BCUT2D eigenvalue weighted by molar-refractivity contribution is 0.355. The number of hydrogen-bond acceptors (Lipinski definition) is 6. The molecule has 3 aromatic rings. The Morgan fingerprint density at radius 1 is 1.08 bits per heavy atom. The standard InChI is InChI=1S/C19H20N4O3/c1-25-14-6-5-12(11-15(14)26-2)13-7-8-20-17-16(13)18(24)22-19(21-17)23-9-3-4-10-23/h5-8,11H,3-4,9-10H2,1-2H3,(H,20,21,22,24). The topological polar surface area (TPSA) is 80.3 Å². The summed E-state index contributed by atoms with van der Waals surface area (Å²) < 4.78 is 10.7. The Kier molecular flexibility index (Phi) is 4.20. The summed E-state index contributed by atoms with van der Waals surface area (Å²) in [6.45, 7) is 1.81. The minimum atomic E-state index is -0.185. The maximum atomic E-state index is 12.8. The van der Waals surface area contributed by atoms with Gasteiger partial charge in [0.05, 0.1) is 19.6 Å². The molecule has 2 aromatic heterocycles. The van der Waals surface area contributed by atoms with Gasteiger partial charge in [-0.15, -0.1) is 0 Å². The van der Waals surface area contributed by atoms with Crippen LogP contribution in [0.4, 0.5) is 5.95 Å². The molecule has 1 fully saturated rings. The lowest BCUT2D eigenvalue weighted by Crippen LogP contribution is -2.24. The number of H-pyrrole nitrogens is 1. The average molecular weight is 352 g/mol. The molecule has 7 nitrogen and oxygen atoms in total. The van der Waals surface area contributed by atoms with Crippen molar-refractivity contribution in [3.05, 3.63) is 40.8 Å². The van der Waals surface area contributed by atoms with Crippen LogP contribution in [-0.2, 0) is 0 Å². The third-order valence-corrected chi connectivity index (χ3v) is 4.70. The van der Waals surface area contributed by atoms with Crippen LogP contribution in [-0.4, -0.2) is 42.3 Å². The number of pyridine rings is 1. The molecule has 4 rings (SSSR count). The van der Waals surface area contributed by atoms with Crippen LogP contribution in [0.2, 0.25) is 0 Å². The molecule has 1 N–H and O–H groups in total. The molecule has 0 unspecified atom stereocenters. The minimum Gasteiger partial charge on any atom is -0.493 e. The smallest absolute Gasteiger partial charge is 0.262 e. The number of aromatic nitrogens is 3. The zero-order valence-electron chi connectivity index (χ0n) is 14.8. The van der Waals surface area contributed by atoms with Gasteiger partial charge < -0.3 is 14.4 Å². The maximum absolute atomic E-state index is 12.8. The van der Waals surface area contributed by atoms with E-state index >= 15 is 0 Å². The first-order valence-corrected chi connectivity index (χ1v) is 8.57. The zero-order valence-corrected chi connectivity index (χ0v) is 14.8. The Morgan fingerprint density at radius 2 is 1.85 bits per heavy atom. The highest BCUT2D eigenvalue weighted by Crippen LogP contribution is 2.34. The van der Waals surface area contributed by atoms with Crippen molar-refractivity contribution >= 4 is 17.0 Å². The van der Waals surface area contributed by atoms with Gasteiger partial charge in [-0.1, -0.05) is 6.07 Å². The van der Waals surface area contributed by atoms with Crippen molar-refractivity contribution in [3.63, 3.8) is 0 Å². The number of anilines is 1. The molecule has 1 aliphatic heterocycles. The van der Waals surface area contributed by atoms with E-state index in [4.69, 9.17) is 9.47 Å². The second-order valence-electron chi connectivity index (χ2n) is 6.21. The number of nitrogens with one attached hydrogen (secondary N) is 1. The van der Waals surface area contributed by atoms with E-state index in [1.807, 2.05) is 24.3 Å². The molecule has 0 radical (unpaired) electrons. The van der Waals surface area contributed by atoms with Gasteiger partial charge in [-0.2, -0.15) is 4.98 Å². The maximum Gasteiger partial charge on any atom is 0.262 e. The van der Waals surface area contributed by atoms with Crippen molar-refractivity contribution < 1.29 is 9.47 Å². The number of ether oxygens (including phenoxy) is 2. The molecule has 1 saturated heterocycles. The van der Waals surface area contributed by atoms with Gasteiger partial charge in [0.2, 0.25) is 5.95 Å². The predicted molar refractivity (Wildman–Crippen MR) is 100 cm³/mol. The van der Waals surface area contributed by atoms with E-state index in [1.54, 1.807) is 20.4 Å². The molecular formula is C19H20N4O3. The van der Waals surface area contributed by atoms with Gasteiger partial charge in [0.25, 0.3) is 5.56 Å². The van der Waals surface area contributed by atoms with Crippen LogP contribution in [0.5, 0.6) is 11.5 Å². The fourth-order valence-electron chi connectivity index (χ4n) is 3.37. The molecule has 0 aliphatic carbocycles. The van der Waals surface area contributed by atoms with Gasteiger partial charge in [-0.25, -0.2) is 4.98 Å². The van der Waals surface area contributed by atoms with E-state index in [1.165, 1.54) is 0 Å². The van der Waals surface area contributed by atoms with E-state index in [-0.39, 0.29) is 5.56 Å². The minimum absolute atomic E-state index is 0.185. The van der Waals surface area contributed by atoms with Crippen LogP contribution < -0.4 is 19.9 Å². The number of aromatic amines is 1. The first kappa shape index (κ1) is 16.4. The summed E-state index contributed by atoms with van der Waals surface area (Å²) in [6, 6.07) is 7.38. The molecule has 3 heterocycles. The van der Waals surface area contributed by atoms with E-state index < -0.39 is 0 Å². The van der Waals surface area contributed by atoms with Gasteiger partial charge in [0.1, 0.15) is 0 Å². The summed E-state index contributed by atoms with van der Waals surface area (Å²) >= 11 is 0. The van der Waals surface area contributed by atoms with Gasteiger partial charge in [-0.3, -0.25) is 9.78 Å². The molecule has 0 spiro atoms. The summed E-state index contributed by atoms with van der Waals surface area (Å²) in [5.74, 6) is 1.84. The third kappa shape index (κ3) is 2.75. The molecule has 1 aromatic carbocycles.